The number of hydrogen-bond acceptors (Lipinski definition) is 3. The molecule has 22 heavy (non-hydrogen) atoms. The summed E-state index contributed by atoms with van der Waals surface area (Å²) in [5, 5.41) is 7.71. The van der Waals surface area contributed by atoms with Crippen molar-refractivity contribution in [3.05, 3.63) is 28.2 Å². The Morgan fingerprint density at radius 1 is 1.27 bits per heavy atom. The maximum Gasteiger partial charge on any atom is 0.223 e. The van der Waals surface area contributed by atoms with E-state index in [9.17, 15) is 4.79 Å². The lowest BCUT2D eigenvalue weighted by molar-refractivity contribution is -0.122. The third-order valence-electron chi connectivity index (χ3n) is 4.32. The summed E-state index contributed by atoms with van der Waals surface area (Å²) in [7, 11) is 0. The lowest BCUT2D eigenvalue weighted by atomic mass is 10.00. The molecule has 1 amide bonds. The molecular formula is C16H20Cl2N2O2. The number of amides is 1. The summed E-state index contributed by atoms with van der Waals surface area (Å²) >= 11 is 11.9. The number of rotatable bonds is 5. The van der Waals surface area contributed by atoms with Gasteiger partial charge in [0, 0.05) is 23.1 Å². The van der Waals surface area contributed by atoms with Crippen molar-refractivity contribution >= 4 is 29.1 Å². The van der Waals surface area contributed by atoms with E-state index in [2.05, 4.69) is 10.6 Å². The van der Waals surface area contributed by atoms with E-state index in [4.69, 9.17) is 27.9 Å². The summed E-state index contributed by atoms with van der Waals surface area (Å²) < 4.78 is 5.54. The van der Waals surface area contributed by atoms with Crippen molar-refractivity contribution in [2.75, 3.05) is 6.61 Å². The first-order valence-corrected chi connectivity index (χ1v) is 8.49. The molecule has 0 spiro atoms. The van der Waals surface area contributed by atoms with Crippen LogP contribution in [0, 0.1) is 0 Å². The van der Waals surface area contributed by atoms with Crippen LogP contribution in [-0.4, -0.2) is 30.6 Å². The first-order chi connectivity index (χ1) is 10.6. The largest absolute Gasteiger partial charge is 0.491 e. The minimum absolute atomic E-state index is 0.0383. The van der Waals surface area contributed by atoms with Crippen LogP contribution in [0.25, 0.3) is 0 Å². The number of halogens is 2. The normalized spacial score (nSPS) is 26.7. The van der Waals surface area contributed by atoms with Crippen LogP contribution in [0.4, 0.5) is 0 Å². The molecule has 2 N–H and O–H groups in total. The van der Waals surface area contributed by atoms with Gasteiger partial charge in [0.25, 0.3) is 0 Å². The predicted molar refractivity (Wildman–Crippen MR) is 87.7 cm³/mol. The van der Waals surface area contributed by atoms with Crippen LogP contribution < -0.4 is 15.4 Å². The Kier molecular flexibility index (Phi) is 5.11. The van der Waals surface area contributed by atoms with Gasteiger partial charge >= 0.3 is 0 Å². The molecule has 2 aliphatic rings. The number of fused-ring (bicyclic) bond motifs is 2. The van der Waals surface area contributed by atoms with Crippen molar-refractivity contribution in [2.24, 2.45) is 0 Å². The molecule has 2 fully saturated rings. The summed E-state index contributed by atoms with van der Waals surface area (Å²) in [5.41, 5.74) is 0. The van der Waals surface area contributed by atoms with Crippen LogP contribution in [0.3, 0.4) is 0 Å². The number of carbonyl (C=O) groups is 1. The van der Waals surface area contributed by atoms with E-state index < -0.39 is 0 Å². The maximum absolute atomic E-state index is 12.0. The average molecular weight is 343 g/mol. The zero-order valence-electron chi connectivity index (χ0n) is 12.3. The van der Waals surface area contributed by atoms with Crippen LogP contribution in [0.5, 0.6) is 5.75 Å². The first-order valence-electron chi connectivity index (χ1n) is 7.73. The molecule has 2 atom stereocenters. The summed E-state index contributed by atoms with van der Waals surface area (Å²) in [6.45, 7) is 0.311. The number of piperidine rings is 1. The molecule has 1 aromatic carbocycles. The molecule has 2 bridgehead atoms. The lowest BCUT2D eigenvalue weighted by Crippen LogP contribution is -2.48. The molecule has 1 aromatic rings. The van der Waals surface area contributed by atoms with Crippen molar-refractivity contribution in [1.82, 2.24) is 10.6 Å². The molecule has 2 heterocycles. The van der Waals surface area contributed by atoms with Gasteiger partial charge in [0.15, 0.2) is 0 Å². The predicted octanol–water partition coefficient (Wildman–Crippen LogP) is 3.16. The van der Waals surface area contributed by atoms with Crippen molar-refractivity contribution in [1.29, 1.82) is 0 Å². The van der Waals surface area contributed by atoms with E-state index in [1.165, 1.54) is 12.8 Å². The zero-order valence-corrected chi connectivity index (χ0v) is 13.8. The SMILES string of the molecule is O=C(CCOc1ccc(Cl)cc1Cl)NC1CC2CCC(C1)N2. The Balaban J connectivity index is 1.41. The number of nitrogens with one attached hydrogen (secondary N) is 2. The monoisotopic (exact) mass is 342 g/mol. The van der Waals surface area contributed by atoms with E-state index in [1.54, 1.807) is 18.2 Å². The average Bonchev–Trinajstić information content (AvgIpc) is 2.80. The van der Waals surface area contributed by atoms with Gasteiger partial charge < -0.3 is 15.4 Å². The highest BCUT2D eigenvalue weighted by Gasteiger charge is 2.33. The quantitative estimate of drug-likeness (QED) is 0.864. The zero-order chi connectivity index (χ0) is 15.5. The molecular weight excluding hydrogens is 323 g/mol. The van der Waals surface area contributed by atoms with Gasteiger partial charge in [-0.05, 0) is 43.9 Å². The van der Waals surface area contributed by atoms with E-state index in [0.29, 0.717) is 46.9 Å². The maximum atomic E-state index is 12.0. The summed E-state index contributed by atoms with van der Waals surface area (Å²) in [5.74, 6) is 0.593. The smallest absolute Gasteiger partial charge is 0.223 e. The molecule has 0 aliphatic carbocycles. The Hall–Kier alpha value is -0.970. The number of ether oxygens (including phenoxy) is 1. The Morgan fingerprint density at radius 3 is 2.68 bits per heavy atom. The third-order valence-corrected chi connectivity index (χ3v) is 4.85. The fourth-order valence-corrected chi connectivity index (χ4v) is 3.78. The fourth-order valence-electron chi connectivity index (χ4n) is 3.32. The molecule has 6 heteroatoms. The van der Waals surface area contributed by atoms with Gasteiger partial charge in [-0.1, -0.05) is 23.2 Å². The highest BCUT2D eigenvalue weighted by Crippen LogP contribution is 2.28. The molecule has 0 aromatic heterocycles. The second-order valence-corrected chi connectivity index (χ2v) is 6.89. The van der Waals surface area contributed by atoms with Gasteiger partial charge in [-0.15, -0.1) is 0 Å². The van der Waals surface area contributed by atoms with Gasteiger partial charge in [-0.25, -0.2) is 0 Å². The second kappa shape index (κ2) is 7.07. The van der Waals surface area contributed by atoms with Crippen molar-refractivity contribution in [3.63, 3.8) is 0 Å². The van der Waals surface area contributed by atoms with Crippen molar-refractivity contribution in [2.45, 2.75) is 50.2 Å². The van der Waals surface area contributed by atoms with Crippen LogP contribution >= 0.6 is 23.2 Å². The molecule has 4 nitrogen and oxygen atoms in total. The molecule has 2 aliphatic heterocycles. The minimum atomic E-state index is 0.0383. The minimum Gasteiger partial charge on any atom is -0.491 e. The lowest BCUT2D eigenvalue weighted by Gasteiger charge is -2.29. The Bertz CT molecular complexity index is 541. The first kappa shape index (κ1) is 15.9. The standard InChI is InChI=1S/C16H20Cl2N2O2/c17-10-1-4-15(14(18)7-10)22-6-5-16(21)20-13-8-11-2-3-12(9-13)19-11/h1,4,7,11-13,19H,2-3,5-6,8-9H2,(H,20,21). The summed E-state index contributed by atoms with van der Waals surface area (Å²) in [6.07, 6.45) is 4.86. The number of carbonyl (C=O) groups excluding carboxylic acids is 1. The fraction of sp³-hybridized carbons (Fsp3) is 0.562. The molecule has 0 radical (unpaired) electrons. The van der Waals surface area contributed by atoms with E-state index in [0.717, 1.165) is 12.8 Å². The molecule has 0 saturated carbocycles. The number of hydrogen-bond donors (Lipinski definition) is 2. The molecule has 2 unspecified atom stereocenters. The van der Waals surface area contributed by atoms with Gasteiger partial charge in [0.1, 0.15) is 5.75 Å². The second-order valence-electron chi connectivity index (χ2n) is 6.05. The Morgan fingerprint density at radius 2 is 2.00 bits per heavy atom. The third kappa shape index (κ3) is 4.06. The van der Waals surface area contributed by atoms with E-state index >= 15 is 0 Å². The summed E-state index contributed by atoms with van der Waals surface area (Å²) in [4.78, 5) is 12.0. The van der Waals surface area contributed by atoms with Crippen LogP contribution in [0.15, 0.2) is 18.2 Å². The Labute approximate surface area is 140 Å². The molecule has 2 saturated heterocycles. The number of benzene rings is 1. The van der Waals surface area contributed by atoms with Crippen LogP contribution in [-0.2, 0) is 4.79 Å². The topological polar surface area (TPSA) is 50.4 Å². The van der Waals surface area contributed by atoms with Gasteiger partial charge in [-0.2, -0.15) is 0 Å². The van der Waals surface area contributed by atoms with Crippen molar-refractivity contribution < 1.29 is 9.53 Å². The van der Waals surface area contributed by atoms with E-state index in [1.807, 2.05) is 0 Å². The highest BCUT2D eigenvalue weighted by molar-refractivity contribution is 6.35. The van der Waals surface area contributed by atoms with Gasteiger partial charge in [-0.3, -0.25) is 4.79 Å². The van der Waals surface area contributed by atoms with Crippen molar-refractivity contribution in [3.8, 4) is 5.75 Å². The van der Waals surface area contributed by atoms with Gasteiger partial charge in [0.05, 0.1) is 18.1 Å². The summed E-state index contributed by atoms with van der Waals surface area (Å²) in [6, 6.07) is 6.51. The van der Waals surface area contributed by atoms with E-state index in [-0.39, 0.29) is 5.91 Å². The highest BCUT2D eigenvalue weighted by atomic mass is 35.5. The van der Waals surface area contributed by atoms with Crippen LogP contribution in [0.2, 0.25) is 10.0 Å². The molecule has 3 rings (SSSR count). The van der Waals surface area contributed by atoms with Gasteiger partial charge in [0.2, 0.25) is 5.91 Å². The molecule has 120 valence electrons. The van der Waals surface area contributed by atoms with Crippen LogP contribution in [0.1, 0.15) is 32.1 Å².